The highest BCUT2D eigenvalue weighted by molar-refractivity contribution is 7.00. The number of rotatable bonds is 4. The molecule has 13 aromatic rings. The maximum atomic E-state index is 2.69. The molecular weight excluding hydrogens is 894 g/mol. The highest BCUT2D eigenvalue weighted by Gasteiger charge is 2.43. The Morgan fingerprint density at radius 2 is 0.811 bits per heavy atom. The molecule has 0 atom stereocenters. The lowest BCUT2D eigenvalue weighted by molar-refractivity contribution is 0.590. The van der Waals surface area contributed by atoms with Crippen LogP contribution in [-0.4, -0.2) is 15.8 Å². The number of anilines is 3. The monoisotopic (exact) mass is 943 g/mol. The summed E-state index contributed by atoms with van der Waals surface area (Å²) in [5.41, 5.74) is 20.4. The summed E-state index contributed by atoms with van der Waals surface area (Å²) in [6.07, 6.45) is 0. The average Bonchev–Trinajstić information content (AvgIpc) is 3.90. The smallest absolute Gasteiger partial charge is 0.252 e. The largest absolute Gasteiger partial charge is 0.311 e. The molecule has 4 heteroatoms. The predicted octanol–water partition coefficient (Wildman–Crippen LogP) is 16.6. The third-order valence-corrected chi connectivity index (χ3v) is 16.1. The molecule has 0 saturated carbocycles. The Morgan fingerprint density at radius 1 is 0.324 bits per heavy atom. The Kier molecular flexibility index (Phi) is 9.32. The van der Waals surface area contributed by atoms with Crippen LogP contribution in [0.2, 0.25) is 0 Å². The van der Waals surface area contributed by atoms with Gasteiger partial charge < -0.3 is 14.0 Å². The number of aromatic nitrogens is 2. The first-order valence-corrected chi connectivity index (χ1v) is 26.0. The number of nitrogens with zero attached hydrogens (tertiary/aromatic N) is 3. The molecule has 11 aromatic carbocycles. The molecule has 0 spiro atoms. The zero-order valence-corrected chi connectivity index (χ0v) is 41.6. The van der Waals surface area contributed by atoms with E-state index in [9.17, 15) is 0 Å². The van der Waals surface area contributed by atoms with Gasteiger partial charge in [0.05, 0.1) is 16.6 Å². The van der Waals surface area contributed by atoms with Gasteiger partial charge in [0, 0.05) is 61.1 Å². The van der Waals surface area contributed by atoms with Crippen LogP contribution in [0.25, 0.3) is 98.8 Å². The van der Waals surface area contributed by atoms with Crippen LogP contribution in [0.15, 0.2) is 249 Å². The lowest BCUT2D eigenvalue weighted by atomic mass is 9.33. The van der Waals surface area contributed by atoms with Gasteiger partial charge in [0.25, 0.3) is 6.71 Å². The molecule has 0 saturated heterocycles. The molecule has 2 aliphatic heterocycles. The fourth-order valence-electron chi connectivity index (χ4n) is 12.7. The topological polar surface area (TPSA) is 13.1 Å². The lowest BCUT2D eigenvalue weighted by Crippen LogP contribution is -2.60. The van der Waals surface area contributed by atoms with Gasteiger partial charge in [0.1, 0.15) is 0 Å². The molecule has 4 heterocycles. The summed E-state index contributed by atoms with van der Waals surface area (Å²) in [4.78, 5) is 2.59. The van der Waals surface area contributed by atoms with Gasteiger partial charge in [-0.1, -0.05) is 221 Å². The highest BCUT2D eigenvalue weighted by Crippen LogP contribution is 2.46. The highest BCUT2D eigenvalue weighted by atomic mass is 15.2. The van der Waals surface area contributed by atoms with Gasteiger partial charge >= 0.3 is 0 Å². The van der Waals surface area contributed by atoms with Gasteiger partial charge in [-0.05, 0) is 114 Å². The van der Waals surface area contributed by atoms with Crippen LogP contribution < -0.4 is 21.3 Å². The molecule has 0 bridgehead atoms. The summed E-state index contributed by atoms with van der Waals surface area (Å²) in [5.74, 6) is 0. The van der Waals surface area contributed by atoms with Crippen LogP contribution in [0.4, 0.5) is 17.1 Å². The predicted molar refractivity (Wildman–Crippen MR) is 317 cm³/mol. The minimum Gasteiger partial charge on any atom is -0.311 e. The number of hydrogen-bond acceptors (Lipinski definition) is 1. The molecule has 0 unspecified atom stereocenters. The van der Waals surface area contributed by atoms with Crippen molar-refractivity contribution in [1.82, 2.24) is 9.13 Å². The summed E-state index contributed by atoms with van der Waals surface area (Å²) in [6.45, 7) is 7.01. The quantitative estimate of drug-likeness (QED) is 0.160. The van der Waals surface area contributed by atoms with Crippen LogP contribution in [0.3, 0.4) is 0 Å². The van der Waals surface area contributed by atoms with Crippen molar-refractivity contribution < 1.29 is 0 Å². The SMILES string of the molecule is CC(C)(C)c1cc2c3c(c1)-n1c4c(cccc4c4ccccc4c4ccccc4c4cccc(-c5ccccc5)c41)B3c1ccc(-n3c4ccccc4c4ccccc43)cc1N2c1ccc(-c2ccccc2)cc1. The fraction of sp³-hybridized carbons (Fsp3) is 0.0571. The first kappa shape index (κ1) is 42.6. The summed E-state index contributed by atoms with van der Waals surface area (Å²) in [6, 6.07) is 93.3. The molecular formula is C70H50BN3. The van der Waals surface area contributed by atoms with E-state index in [1.165, 1.54) is 126 Å². The van der Waals surface area contributed by atoms with Gasteiger partial charge in [-0.3, -0.25) is 0 Å². The van der Waals surface area contributed by atoms with E-state index in [-0.39, 0.29) is 12.1 Å². The zero-order chi connectivity index (χ0) is 49.2. The van der Waals surface area contributed by atoms with Crippen molar-refractivity contribution in [1.29, 1.82) is 0 Å². The van der Waals surface area contributed by atoms with Crippen molar-refractivity contribution in [3.05, 3.63) is 254 Å². The van der Waals surface area contributed by atoms with E-state index in [4.69, 9.17) is 0 Å². The fourth-order valence-corrected chi connectivity index (χ4v) is 12.7. The van der Waals surface area contributed by atoms with Crippen molar-refractivity contribution in [2.45, 2.75) is 26.2 Å². The Balaban J connectivity index is 1.15. The molecule has 0 amide bonds. The first-order chi connectivity index (χ1) is 36.4. The van der Waals surface area contributed by atoms with Crippen LogP contribution >= 0.6 is 0 Å². The Labute approximate surface area is 431 Å². The van der Waals surface area contributed by atoms with E-state index in [0.717, 1.165) is 11.4 Å². The molecule has 0 radical (unpaired) electrons. The summed E-state index contributed by atoms with van der Waals surface area (Å²) >= 11 is 0. The average molecular weight is 944 g/mol. The van der Waals surface area contributed by atoms with Gasteiger partial charge in [-0.15, -0.1) is 0 Å². The van der Waals surface area contributed by atoms with Crippen molar-refractivity contribution in [3.63, 3.8) is 0 Å². The van der Waals surface area contributed by atoms with Crippen LogP contribution in [0.1, 0.15) is 26.3 Å². The van der Waals surface area contributed by atoms with Crippen LogP contribution in [0.5, 0.6) is 0 Å². The third-order valence-electron chi connectivity index (χ3n) is 16.1. The van der Waals surface area contributed by atoms with E-state index < -0.39 is 0 Å². The van der Waals surface area contributed by atoms with Crippen molar-refractivity contribution in [2.75, 3.05) is 4.90 Å². The molecule has 2 aliphatic rings. The van der Waals surface area contributed by atoms with E-state index in [2.05, 4.69) is 284 Å². The molecule has 0 aliphatic carbocycles. The number of hydrogen-bond donors (Lipinski definition) is 0. The van der Waals surface area contributed by atoms with Gasteiger partial charge in [-0.2, -0.15) is 0 Å². The van der Waals surface area contributed by atoms with Crippen LogP contribution in [-0.2, 0) is 5.41 Å². The third kappa shape index (κ3) is 6.28. The molecule has 2 aromatic heterocycles. The Morgan fingerprint density at radius 3 is 1.43 bits per heavy atom. The summed E-state index contributed by atoms with van der Waals surface area (Å²) in [5, 5.41) is 9.83. The molecule has 0 fully saturated rings. The van der Waals surface area contributed by atoms with Gasteiger partial charge in [0.15, 0.2) is 0 Å². The Bertz CT molecular complexity index is 4470. The Hall–Kier alpha value is -9.12. The van der Waals surface area contributed by atoms with Crippen molar-refractivity contribution >= 4 is 105 Å². The second kappa shape index (κ2) is 16.2. The molecule has 74 heavy (non-hydrogen) atoms. The maximum Gasteiger partial charge on any atom is 0.252 e. The van der Waals surface area contributed by atoms with Gasteiger partial charge in [-0.25, -0.2) is 0 Å². The maximum absolute atomic E-state index is 2.69. The van der Waals surface area contributed by atoms with Gasteiger partial charge in [0.2, 0.25) is 0 Å². The summed E-state index contributed by atoms with van der Waals surface area (Å²) in [7, 11) is 0. The van der Waals surface area contributed by atoms with E-state index in [1.807, 2.05) is 0 Å². The minimum atomic E-state index is -0.199. The second-order valence-electron chi connectivity index (χ2n) is 21.2. The standard InChI is InChI=1S/C70H50BN3/c1-70(2,3)48-42-65-67-66(43-48)74-68-51(47-22-8-5-9-23-47)30-18-31-58(68)54-26-12-10-24-52(54)53-25-11-13-27-55(53)59-32-19-33-61(69(59)74)71(67)60-41-40-50(73-62-34-16-14-28-56(62)57-29-15-17-35-63(57)73)44-64(60)72(65)49-38-36-46(37-39-49)45-20-6-4-7-21-45/h4-44H,1-3H3. The molecule has 15 rings (SSSR count). The number of para-hydroxylation sites is 4. The van der Waals surface area contributed by atoms with Crippen molar-refractivity contribution in [3.8, 4) is 33.6 Å². The van der Waals surface area contributed by atoms with E-state index in [0.29, 0.717) is 0 Å². The second-order valence-corrected chi connectivity index (χ2v) is 21.2. The normalized spacial score (nSPS) is 12.7. The first-order valence-electron chi connectivity index (χ1n) is 26.0. The summed E-state index contributed by atoms with van der Waals surface area (Å²) < 4.78 is 5.16. The number of benzene rings is 11. The van der Waals surface area contributed by atoms with Crippen molar-refractivity contribution in [2.24, 2.45) is 0 Å². The molecule has 348 valence electrons. The zero-order valence-electron chi connectivity index (χ0n) is 41.6. The molecule has 3 nitrogen and oxygen atoms in total. The molecule has 0 N–H and O–H groups in total. The van der Waals surface area contributed by atoms with E-state index in [1.54, 1.807) is 0 Å². The lowest BCUT2D eigenvalue weighted by Gasteiger charge is -2.42. The van der Waals surface area contributed by atoms with Crippen LogP contribution in [0, 0.1) is 0 Å². The number of fused-ring (bicyclic) bond motifs is 14. The van der Waals surface area contributed by atoms with E-state index >= 15 is 0 Å². The minimum absolute atomic E-state index is 0.0927.